The van der Waals surface area contributed by atoms with Crippen molar-refractivity contribution in [1.29, 1.82) is 0 Å². The molecule has 0 saturated carbocycles. The van der Waals surface area contributed by atoms with Crippen LogP contribution in [0, 0.1) is 18.6 Å². The molecule has 2 heterocycles. The number of rotatable bonds is 4. The van der Waals surface area contributed by atoms with Crippen LogP contribution in [0.1, 0.15) is 35.8 Å². The molecule has 4 rings (SSSR count). The lowest BCUT2D eigenvalue weighted by molar-refractivity contribution is 0.196. The molecular formula is C23H23F2N3. The molecule has 1 atom stereocenters. The Morgan fingerprint density at radius 3 is 2.64 bits per heavy atom. The van der Waals surface area contributed by atoms with Gasteiger partial charge in [0.2, 0.25) is 0 Å². The van der Waals surface area contributed by atoms with Crippen LogP contribution < -0.4 is 0 Å². The Morgan fingerprint density at radius 2 is 1.86 bits per heavy atom. The highest BCUT2D eigenvalue weighted by Crippen LogP contribution is 2.33. The molecule has 1 aliphatic heterocycles. The minimum absolute atomic E-state index is 0.158. The van der Waals surface area contributed by atoms with Crippen LogP contribution in [-0.4, -0.2) is 28.0 Å². The molecule has 1 fully saturated rings. The van der Waals surface area contributed by atoms with Crippen molar-refractivity contribution in [3.8, 4) is 11.1 Å². The number of piperidine rings is 1. The average Bonchev–Trinajstić information content (AvgIpc) is 2.71. The number of halogens is 2. The van der Waals surface area contributed by atoms with Crippen LogP contribution in [0.5, 0.6) is 0 Å². The van der Waals surface area contributed by atoms with Crippen molar-refractivity contribution < 1.29 is 8.78 Å². The molecule has 1 aromatic heterocycles. The van der Waals surface area contributed by atoms with Crippen LogP contribution in [0.3, 0.4) is 0 Å². The van der Waals surface area contributed by atoms with Gasteiger partial charge in [-0.1, -0.05) is 30.3 Å². The molecule has 1 aliphatic rings. The highest BCUT2D eigenvalue weighted by molar-refractivity contribution is 5.65. The van der Waals surface area contributed by atoms with Gasteiger partial charge in [0.15, 0.2) is 0 Å². The van der Waals surface area contributed by atoms with Gasteiger partial charge in [-0.15, -0.1) is 0 Å². The molecule has 0 unspecified atom stereocenters. The number of benzene rings is 2. The highest BCUT2D eigenvalue weighted by atomic mass is 19.1. The van der Waals surface area contributed by atoms with Gasteiger partial charge in [-0.25, -0.2) is 18.7 Å². The van der Waals surface area contributed by atoms with Crippen molar-refractivity contribution in [3.05, 3.63) is 83.4 Å². The summed E-state index contributed by atoms with van der Waals surface area (Å²) in [6.07, 6.45) is 3.89. The highest BCUT2D eigenvalue weighted by Gasteiger charge is 2.26. The van der Waals surface area contributed by atoms with Gasteiger partial charge in [0, 0.05) is 36.3 Å². The third-order valence-electron chi connectivity index (χ3n) is 5.34. The summed E-state index contributed by atoms with van der Waals surface area (Å²) < 4.78 is 27.4. The van der Waals surface area contributed by atoms with Crippen molar-refractivity contribution in [1.82, 2.24) is 14.9 Å². The molecule has 28 heavy (non-hydrogen) atoms. The second-order valence-corrected chi connectivity index (χ2v) is 7.39. The number of hydrogen-bond donors (Lipinski definition) is 0. The zero-order chi connectivity index (χ0) is 19.5. The molecule has 2 aromatic carbocycles. The summed E-state index contributed by atoms with van der Waals surface area (Å²) in [5.74, 6) is 0.552. The molecule has 0 aliphatic carbocycles. The average molecular weight is 379 g/mol. The van der Waals surface area contributed by atoms with E-state index in [9.17, 15) is 8.78 Å². The standard InChI is InChI=1S/C23H23F2N3/c1-16-26-13-21(17-8-10-20(24)11-9-17)23(27-16)19-6-4-12-28(15-19)14-18-5-2-3-7-22(18)25/h2-3,5,7-11,13,19H,4,6,12,14-15H2,1H3/t19-/m1/s1. The Hall–Kier alpha value is -2.66. The molecule has 1 saturated heterocycles. The molecule has 0 N–H and O–H groups in total. The first-order valence-electron chi connectivity index (χ1n) is 9.65. The van der Waals surface area contributed by atoms with E-state index < -0.39 is 0 Å². The lowest BCUT2D eigenvalue weighted by atomic mass is 9.89. The van der Waals surface area contributed by atoms with Crippen molar-refractivity contribution in [2.75, 3.05) is 13.1 Å². The molecular weight excluding hydrogens is 356 g/mol. The Labute approximate surface area is 164 Å². The molecule has 0 bridgehead atoms. The van der Waals surface area contributed by atoms with Crippen LogP contribution >= 0.6 is 0 Å². The van der Waals surface area contributed by atoms with E-state index in [2.05, 4.69) is 9.88 Å². The summed E-state index contributed by atoms with van der Waals surface area (Å²) >= 11 is 0. The molecule has 0 radical (unpaired) electrons. The third kappa shape index (κ3) is 4.09. The Balaban J connectivity index is 1.60. The zero-order valence-corrected chi connectivity index (χ0v) is 15.9. The number of nitrogens with zero attached hydrogens (tertiary/aromatic N) is 3. The molecule has 0 spiro atoms. The van der Waals surface area contributed by atoms with Gasteiger partial charge in [-0.2, -0.15) is 0 Å². The fraction of sp³-hybridized carbons (Fsp3) is 0.304. The number of hydrogen-bond acceptors (Lipinski definition) is 3. The summed E-state index contributed by atoms with van der Waals surface area (Å²) in [7, 11) is 0. The number of likely N-dealkylation sites (tertiary alicyclic amines) is 1. The number of aromatic nitrogens is 2. The summed E-state index contributed by atoms with van der Waals surface area (Å²) in [5.41, 5.74) is 3.59. The van der Waals surface area contributed by atoms with Gasteiger partial charge in [0.1, 0.15) is 17.5 Å². The predicted molar refractivity (Wildman–Crippen MR) is 106 cm³/mol. The van der Waals surface area contributed by atoms with Gasteiger partial charge < -0.3 is 0 Å². The number of aryl methyl sites for hydroxylation is 1. The zero-order valence-electron chi connectivity index (χ0n) is 15.9. The normalized spacial score (nSPS) is 17.6. The lowest BCUT2D eigenvalue weighted by Crippen LogP contribution is -2.34. The maximum Gasteiger partial charge on any atom is 0.127 e. The first-order valence-corrected chi connectivity index (χ1v) is 9.65. The van der Waals surface area contributed by atoms with E-state index in [1.807, 2.05) is 25.3 Å². The van der Waals surface area contributed by atoms with E-state index in [1.54, 1.807) is 18.2 Å². The summed E-state index contributed by atoms with van der Waals surface area (Å²) in [6, 6.07) is 13.4. The smallest absolute Gasteiger partial charge is 0.127 e. The van der Waals surface area contributed by atoms with Gasteiger partial charge in [0.25, 0.3) is 0 Å². The van der Waals surface area contributed by atoms with Crippen molar-refractivity contribution in [2.24, 2.45) is 0 Å². The van der Waals surface area contributed by atoms with Crippen LogP contribution in [0.15, 0.2) is 54.7 Å². The largest absolute Gasteiger partial charge is 0.298 e. The van der Waals surface area contributed by atoms with Gasteiger partial charge >= 0.3 is 0 Å². The second-order valence-electron chi connectivity index (χ2n) is 7.39. The minimum atomic E-state index is -0.257. The summed E-state index contributed by atoms with van der Waals surface area (Å²) in [6.45, 7) is 4.25. The monoisotopic (exact) mass is 379 g/mol. The first-order chi connectivity index (χ1) is 13.6. The van der Waals surface area contributed by atoms with Crippen LogP contribution in [0.25, 0.3) is 11.1 Å². The third-order valence-corrected chi connectivity index (χ3v) is 5.34. The Bertz CT molecular complexity index is 956. The van der Waals surface area contributed by atoms with E-state index in [4.69, 9.17) is 4.98 Å². The van der Waals surface area contributed by atoms with Crippen LogP contribution in [0.2, 0.25) is 0 Å². The SMILES string of the molecule is Cc1ncc(-c2ccc(F)cc2)c([C@@H]2CCCN(Cc3ccccc3F)C2)n1. The first kappa shape index (κ1) is 18.7. The van der Waals surface area contributed by atoms with Gasteiger partial charge in [-0.3, -0.25) is 4.90 Å². The second kappa shape index (κ2) is 8.15. The topological polar surface area (TPSA) is 29.0 Å². The van der Waals surface area contributed by atoms with E-state index in [0.29, 0.717) is 6.54 Å². The van der Waals surface area contributed by atoms with Crippen molar-refractivity contribution in [2.45, 2.75) is 32.2 Å². The quantitative estimate of drug-likeness (QED) is 0.631. The lowest BCUT2D eigenvalue weighted by Gasteiger charge is -2.33. The van der Waals surface area contributed by atoms with Gasteiger partial charge in [-0.05, 0) is 50.1 Å². The van der Waals surface area contributed by atoms with Crippen LogP contribution in [-0.2, 0) is 6.54 Å². The Morgan fingerprint density at radius 1 is 1.07 bits per heavy atom. The fourth-order valence-electron chi connectivity index (χ4n) is 3.94. The van der Waals surface area contributed by atoms with Crippen molar-refractivity contribution >= 4 is 0 Å². The van der Waals surface area contributed by atoms with E-state index >= 15 is 0 Å². The molecule has 0 amide bonds. The molecule has 3 nitrogen and oxygen atoms in total. The predicted octanol–water partition coefficient (Wildman–Crippen LogP) is 5.11. The fourth-order valence-corrected chi connectivity index (χ4v) is 3.94. The Kier molecular flexibility index (Phi) is 5.44. The van der Waals surface area contributed by atoms with Gasteiger partial charge in [0.05, 0.1) is 5.69 Å². The molecule has 5 heteroatoms. The molecule has 3 aromatic rings. The minimum Gasteiger partial charge on any atom is -0.298 e. The summed E-state index contributed by atoms with van der Waals surface area (Å²) in [5, 5.41) is 0. The van der Waals surface area contributed by atoms with E-state index in [0.717, 1.165) is 54.1 Å². The van der Waals surface area contributed by atoms with Crippen molar-refractivity contribution in [3.63, 3.8) is 0 Å². The van der Waals surface area contributed by atoms with Crippen LogP contribution in [0.4, 0.5) is 8.78 Å². The van der Waals surface area contributed by atoms with E-state index in [1.165, 1.54) is 18.2 Å². The molecule has 144 valence electrons. The maximum absolute atomic E-state index is 14.1. The summed E-state index contributed by atoms with van der Waals surface area (Å²) in [4.78, 5) is 11.4. The maximum atomic E-state index is 14.1. The van der Waals surface area contributed by atoms with E-state index in [-0.39, 0.29) is 17.6 Å².